The molecule has 1 atom stereocenters. The Balaban J connectivity index is 2.46. The topological polar surface area (TPSA) is 61.4 Å². The van der Waals surface area contributed by atoms with Gasteiger partial charge in [0, 0.05) is 18.8 Å². The van der Waals surface area contributed by atoms with Crippen molar-refractivity contribution in [3.63, 3.8) is 0 Å². The van der Waals surface area contributed by atoms with Crippen molar-refractivity contribution in [2.75, 3.05) is 12.8 Å². The lowest BCUT2D eigenvalue weighted by Gasteiger charge is -2.11. The Morgan fingerprint density at radius 3 is 2.80 bits per heavy atom. The molecule has 0 saturated heterocycles. The molecule has 112 valence electrons. The van der Waals surface area contributed by atoms with Crippen molar-refractivity contribution in [2.24, 2.45) is 0 Å². The van der Waals surface area contributed by atoms with Crippen LogP contribution in [0.1, 0.15) is 24.5 Å². The fourth-order valence-electron chi connectivity index (χ4n) is 1.69. The first-order valence-electron chi connectivity index (χ1n) is 6.49. The van der Waals surface area contributed by atoms with Crippen molar-refractivity contribution in [2.45, 2.75) is 31.7 Å². The molecule has 20 heavy (non-hydrogen) atoms. The zero-order valence-electron chi connectivity index (χ0n) is 11.8. The molecule has 0 bridgehead atoms. The summed E-state index contributed by atoms with van der Waals surface area (Å²) in [6, 6.07) is 4.30. The molecule has 1 rings (SSSR count). The van der Waals surface area contributed by atoms with E-state index >= 15 is 0 Å². The van der Waals surface area contributed by atoms with Crippen LogP contribution >= 0.6 is 11.8 Å². The highest BCUT2D eigenvalue weighted by atomic mass is 32.2. The summed E-state index contributed by atoms with van der Waals surface area (Å²) in [4.78, 5) is 11.6. The summed E-state index contributed by atoms with van der Waals surface area (Å²) < 4.78 is 13.2. The second kappa shape index (κ2) is 8.81. The maximum Gasteiger partial charge on any atom is 0.315 e. The van der Waals surface area contributed by atoms with Crippen LogP contribution in [0.2, 0.25) is 0 Å². The summed E-state index contributed by atoms with van der Waals surface area (Å²) in [6.45, 7) is 2.45. The molecule has 1 aromatic carbocycles. The standard InChI is InChI=1S/C14H21FN2O2S/c1-10(18)5-6-16-14(19)17-8-11-3-4-13(15)7-12(11)9-20-2/h3-4,7,10,18H,5-6,8-9H2,1-2H3,(H2,16,17,19). The molecular formula is C14H21FN2O2S. The van der Waals surface area contributed by atoms with E-state index in [0.29, 0.717) is 25.3 Å². The largest absolute Gasteiger partial charge is 0.393 e. The van der Waals surface area contributed by atoms with Gasteiger partial charge in [-0.3, -0.25) is 0 Å². The fraction of sp³-hybridized carbons (Fsp3) is 0.500. The number of hydrogen-bond donors (Lipinski definition) is 3. The number of benzene rings is 1. The van der Waals surface area contributed by atoms with E-state index in [1.165, 1.54) is 12.1 Å². The number of nitrogens with one attached hydrogen (secondary N) is 2. The van der Waals surface area contributed by atoms with Crippen molar-refractivity contribution in [3.05, 3.63) is 35.1 Å². The minimum atomic E-state index is -0.430. The number of halogens is 1. The predicted octanol–water partition coefficient (Wildman–Crippen LogP) is 2.26. The molecule has 0 aliphatic rings. The van der Waals surface area contributed by atoms with Gasteiger partial charge in [-0.15, -0.1) is 0 Å². The molecule has 0 heterocycles. The number of hydrogen-bond acceptors (Lipinski definition) is 3. The molecule has 0 radical (unpaired) electrons. The van der Waals surface area contributed by atoms with Crippen LogP contribution < -0.4 is 10.6 Å². The third kappa shape index (κ3) is 6.25. The first-order chi connectivity index (χ1) is 9.52. The van der Waals surface area contributed by atoms with Gasteiger partial charge in [0.2, 0.25) is 0 Å². The summed E-state index contributed by atoms with van der Waals surface area (Å²) >= 11 is 1.61. The number of aliphatic hydroxyl groups is 1. The lowest BCUT2D eigenvalue weighted by Crippen LogP contribution is -2.36. The predicted molar refractivity (Wildman–Crippen MR) is 80.2 cm³/mol. The molecule has 6 heteroatoms. The number of rotatable bonds is 7. The fourth-order valence-corrected chi connectivity index (χ4v) is 2.27. The van der Waals surface area contributed by atoms with Gasteiger partial charge < -0.3 is 15.7 Å². The average Bonchev–Trinajstić information content (AvgIpc) is 2.37. The summed E-state index contributed by atoms with van der Waals surface area (Å²) in [7, 11) is 0. The van der Waals surface area contributed by atoms with Gasteiger partial charge in [0.1, 0.15) is 5.82 Å². The maximum absolute atomic E-state index is 13.2. The highest BCUT2D eigenvalue weighted by Gasteiger charge is 2.06. The van der Waals surface area contributed by atoms with E-state index in [0.717, 1.165) is 11.1 Å². The van der Waals surface area contributed by atoms with Crippen LogP contribution in [0.4, 0.5) is 9.18 Å². The van der Waals surface area contributed by atoms with Crippen LogP contribution in [0.3, 0.4) is 0 Å². The molecule has 0 saturated carbocycles. The van der Waals surface area contributed by atoms with E-state index < -0.39 is 6.10 Å². The zero-order chi connectivity index (χ0) is 15.0. The quantitative estimate of drug-likeness (QED) is 0.724. The first kappa shape index (κ1) is 16.8. The Labute approximate surface area is 123 Å². The summed E-state index contributed by atoms with van der Waals surface area (Å²) in [5.41, 5.74) is 1.80. The van der Waals surface area contributed by atoms with Crippen molar-refractivity contribution >= 4 is 17.8 Å². The number of carbonyl (C=O) groups excluding carboxylic acids is 1. The SMILES string of the molecule is CSCc1cc(F)ccc1CNC(=O)NCCC(C)O. The highest BCUT2D eigenvalue weighted by Crippen LogP contribution is 2.16. The molecule has 1 unspecified atom stereocenters. The Morgan fingerprint density at radius 1 is 1.40 bits per heavy atom. The number of urea groups is 1. The average molecular weight is 300 g/mol. The lowest BCUT2D eigenvalue weighted by molar-refractivity contribution is 0.183. The smallest absolute Gasteiger partial charge is 0.315 e. The molecule has 3 N–H and O–H groups in total. The Morgan fingerprint density at radius 2 is 2.15 bits per heavy atom. The molecule has 0 fully saturated rings. The number of aliphatic hydroxyl groups excluding tert-OH is 1. The molecular weight excluding hydrogens is 279 g/mol. The number of amides is 2. The van der Waals surface area contributed by atoms with E-state index in [2.05, 4.69) is 10.6 Å². The minimum absolute atomic E-state index is 0.265. The molecule has 0 aromatic heterocycles. The van der Waals surface area contributed by atoms with E-state index in [1.807, 2.05) is 6.26 Å². The number of thioether (sulfide) groups is 1. The van der Waals surface area contributed by atoms with E-state index in [-0.39, 0.29) is 11.8 Å². The maximum atomic E-state index is 13.2. The van der Waals surface area contributed by atoms with Crippen LogP contribution in [-0.4, -0.2) is 30.0 Å². The van der Waals surface area contributed by atoms with E-state index in [1.54, 1.807) is 24.8 Å². The molecule has 4 nitrogen and oxygen atoms in total. The highest BCUT2D eigenvalue weighted by molar-refractivity contribution is 7.97. The second-order valence-corrected chi connectivity index (χ2v) is 5.46. The molecule has 0 aliphatic carbocycles. The van der Waals surface area contributed by atoms with Gasteiger partial charge in [0.15, 0.2) is 0 Å². The van der Waals surface area contributed by atoms with Gasteiger partial charge in [0.05, 0.1) is 6.10 Å². The molecule has 2 amide bonds. The first-order valence-corrected chi connectivity index (χ1v) is 7.88. The summed E-state index contributed by atoms with van der Waals surface area (Å²) in [5.74, 6) is 0.442. The molecule has 0 spiro atoms. The summed E-state index contributed by atoms with van der Waals surface area (Å²) in [6.07, 6.45) is 2.03. The minimum Gasteiger partial charge on any atom is -0.393 e. The van der Waals surface area contributed by atoms with Gasteiger partial charge in [-0.05, 0) is 42.9 Å². The Kier molecular flexibility index (Phi) is 7.40. The van der Waals surface area contributed by atoms with Crippen LogP contribution in [0, 0.1) is 5.82 Å². The zero-order valence-corrected chi connectivity index (χ0v) is 12.6. The van der Waals surface area contributed by atoms with Crippen molar-refractivity contribution < 1.29 is 14.3 Å². The van der Waals surface area contributed by atoms with Crippen LogP contribution in [-0.2, 0) is 12.3 Å². The van der Waals surface area contributed by atoms with Gasteiger partial charge in [-0.1, -0.05) is 6.07 Å². The van der Waals surface area contributed by atoms with E-state index in [9.17, 15) is 9.18 Å². The van der Waals surface area contributed by atoms with Crippen LogP contribution in [0.15, 0.2) is 18.2 Å². The van der Waals surface area contributed by atoms with Gasteiger partial charge in [-0.2, -0.15) is 11.8 Å². The van der Waals surface area contributed by atoms with Crippen molar-refractivity contribution in [3.8, 4) is 0 Å². The second-order valence-electron chi connectivity index (χ2n) is 4.59. The van der Waals surface area contributed by atoms with Crippen LogP contribution in [0.5, 0.6) is 0 Å². The Hall–Kier alpha value is -1.27. The van der Waals surface area contributed by atoms with Crippen molar-refractivity contribution in [1.82, 2.24) is 10.6 Å². The van der Waals surface area contributed by atoms with E-state index in [4.69, 9.17) is 5.11 Å². The van der Waals surface area contributed by atoms with Gasteiger partial charge >= 0.3 is 6.03 Å². The monoisotopic (exact) mass is 300 g/mol. The molecule has 1 aromatic rings. The van der Waals surface area contributed by atoms with Gasteiger partial charge in [-0.25, -0.2) is 9.18 Å². The third-order valence-corrected chi connectivity index (χ3v) is 3.35. The molecule has 0 aliphatic heterocycles. The Bertz CT molecular complexity index is 441. The third-order valence-electron chi connectivity index (χ3n) is 2.76. The normalized spacial score (nSPS) is 12.0. The van der Waals surface area contributed by atoms with Crippen LogP contribution in [0.25, 0.3) is 0 Å². The lowest BCUT2D eigenvalue weighted by atomic mass is 10.1. The number of carbonyl (C=O) groups is 1. The van der Waals surface area contributed by atoms with Crippen molar-refractivity contribution in [1.29, 1.82) is 0 Å². The summed E-state index contributed by atoms with van der Waals surface area (Å²) in [5, 5.41) is 14.5. The van der Waals surface area contributed by atoms with Gasteiger partial charge in [0.25, 0.3) is 0 Å².